The molecule has 0 fully saturated rings. The van der Waals surface area contributed by atoms with Crippen molar-refractivity contribution in [3.8, 4) is 6.07 Å². The van der Waals surface area contributed by atoms with Gasteiger partial charge >= 0.3 is 0 Å². The number of thioether (sulfide) groups is 1. The van der Waals surface area contributed by atoms with Gasteiger partial charge in [0, 0.05) is 12.3 Å². The Bertz CT molecular complexity index is 659. The molecule has 1 aromatic carbocycles. The number of nitrogens with zero attached hydrogens (tertiary/aromatic N) is 1. The highest BCUT2D eigenvalue weighted by Crippen LogP contribution is 2.35. The van der Waals surface area contributed by atoms with E-state index in [0.717, 1.165) is 23.7 Å². The molecule has 0 saturated carbocycles. The summed E-state index contributed by atoms with van der Waals surface area (Å²) in [7, 11) is 0. The van der Waals surface area contributed by atoms with Gasteiger partial charge in [-0.05, 0) is 17.5 Å². The van der Waals surface area contributed by atoms with Gasteiger partial charge in [0.15, 0.2) is 0 Å². The average molecular weight is 315 g/mol. The highest BCUT2D eigenvalue weighted by atomic mass is 32.2. The van der Waals surface area contributed by atoms with Crippen molar-refractivity contribution in [2.75, 3.05) is 5.75 Å². The molecule has 1 aromatic rings. The van der Waals surface area contributed by atoms with Crippen LogP contribution in [0.5, 0.6) is 0 Å². The Morgan fingerprint density at radius 3 is 2.68 bits per heavy atom. The first-order valence-electron chi connectivity index (χ1n) is 6.99. The van der Waals surface area contributed by atoms with Gasteiger partial charge in [0.1, 0.15) is 0 Å². The van der Waals surface area contributed by atoms with Gasteiger partial charge in [-0.15, -0.1) is 0 Å². The zero-order valence-corrected chi connectivity index (χ0v) is 13.1. The molecule has 1 atom stereocenters. The van der Waals surface area contributed by atoms with Crippen molar-refractivity contribution in [1.82, 2.24) is 5.32 Å². The van der Waals surface area contributed by atoms with Crippen LogP contribution in [0, 0.1) is 11.3 Å². The number of primary amides is 1. The predicted octanol–water partition coefficient (Wildman–Crippen LogP) is 1.81. The molecule has 0 bridgehead atoms. The van der Waals surface area contributed by atoms with Crippen LogP contribution >= 0.6 is 11.8 Å². The molecule has 0 aromatic heterocycles. The van der Waals surface area contributed by atoms with E-state index in [1.807, 2.05) is 24.3 Å². The Morgan fingerprint density at radius 2 is 2.14 bits per heavy atom. The predicted molar refractivity (Wildman–Crippen MR) is 85.6 cm³/mol. The number of nitrogens with two attached hydrogens (primary N) is 1. The van der Waals surface area contributed by atoms with Gasteiger partial charge in [-0.3, -0.25) is 9.59 Å². The molecule has 0 spiro atoms. The van der Waals surface area contributed by atoms with Crippen molar-refractivity contribution < 1.29 is 9.59 Å². The number of benzene rings is 1. The van der Waals surface area contributed by atoms with Crippen LogP contribution in [0.3, 0.4) is 0 Å². The van der Waals surface area contributed by atoms with E-state index in [9.17, 15) is 14.9 Å². The molecule has 0 aliphatic carbocycles. The molecule has 2 rings (SSSR count). The molecule has 3 N–H and O–H groups in total. The molecule has 5 nitrogen and oxygen atoms in total. The second-order valence-electron chi connectivity index (χ2n) is 5.01. The van der Waals surface area contributed by atoms with E-state index < -0.39 is 5.91 Å². The summed E-state index contributed by atoms with van der Waals surface area (Å²) in [6.07, 6.45) is 1.17. The number of nitriles is 1. The first-order chi connectivity index (χ1) is 10.5. The minimum absolute atomic E-state index is 0.0300. The largest absolute Gasteiger partial charge is 0.369 e. The van der Waals surface area contributed by atoms with Crippen LogP contribution in [0.1, 0.15) is 30.4 Å². The lowest BCUT2D eigenvalue weighted by Gasteiger charge is -2.25. The summed E-state index contributed by atoms with van der Waals surface area (Å²) in [5, 5.41) is 12.6. The van der Waals surface area contributed by atoms with Crippen molar-refractivity contribution in [2.24, 2.45) is 5.73 Å². The van der Waals surface area contributed by atoms with Crippen LogP contribution in [0.2, 0.25) is 0 Å². The quantitative estimate of drug-likeness (QED) is 0.866. The third kappa shape index (κ3) is 3.68. The molecule has 114 valence electrons. The summed E-state index contributed by atoms with van der Waals surface area (Å²) >= 11 is 1.10. The van der Waals surface area contributed by atoms with Crippen LogP contribution in [0.4, 0.5) is 0 Å². The van der Waals surface area contributed by atoms with Crippen LogP contribution in [-0.2, 0) is 16.0 Å². The maximum Gasteiger partial charge on any atom is 0.227 e. The maximum atomic E-state index is 11.9. The molecule has 0 unspecified atom stereocenters. The second kappa shape index (κ2) is 7.14. The zero-order chi connectivity index (χ0) is 16.1. The van der Waals surface area contributed by atoms with E-state index in [2.05, 4.69) is 18.3 Å². The lowest BCUT2D eigenvalue weighted by molar-refractivity contribution is -0.121. The number of hydrogen-bond acceptors (Lipinski definition) is 4. The van der Waals surface area contributed by atoms with Gasteiger partial charge in [-0.1, -0.05) is 43.0 Å². The molecule has 0 radical (unpaired) electrons. The highest BCUT2D eigenvalue weighted by molar-refractivity contribution is 8.03. The van der Waals surface area contributed by atoms with Crippen molar-refractivity contribution in [2.45, 2.75) is 25.7 Å². The van der Waals surface area contributed by atoms with Crippen LogP contribution in [-0.4, -0.2) is 17.6 Å². The van der Waals surface area contributed by atoms with Crippen LogP contribution < -0.4 is 11.1 Å². The second-order valence-corrected chi connectivity index (χ2v) is 6.00. The molecule has 6 heteroatoms. The fourth-order valence-corrected chi connectivity index (χ4v) is 3.16. The van der Waals surface area contributed by atoms with Gasteiger partial charge in [0.05, 0.1) is 22.4 Å². The van der Waals surface area contributed by atoms with Crippen LogP contribution in [0.25, 0.3) is 0 Å². The molecule has 2 amide bonds. The van der Waals surface area contributed by atoms with Gasteiger partial charge < -0.3 is 11.1 Å². The van der Waals surface area contributed by atoms with Gasteiger partial charge in [-0.2, -0.15) is 5.26 Å². The summed E-state index contributed by atoms with van der Waals surface area (Å²) in [4.78, 5) is 22.8. The number of carbonyl (C=O) groups excluding carboxylic acids is 2. The first kappa shape index (κ1) is 16.1. The molecule has 22 heavy (non-hydrogen) atoms. The number of carbonyl (C=O) groups is 2. The Morgan fingerprint density at radius 1 is 1.45 bits per heavy atom. The highest BCUT2D eigenvalue weighted by Gasteiger charge is 2.29. The minimum atomic E-state index is -0.488. The number of allylic oxidation sites excluding steroid dienone is 1. The van der Waals surface area contributed by atoms with Gasteiger partial charge in [0.2, 0.25) is 11.8 Å². The smallest absolute Gasteiger partial charge is 0.227 e. The summed E-state index contributed by atoms with van der Waals surface area (Å²) in [5.74, 6) is -0.892. The zero-order valence-electron chi connectivity index (χ0n) is 12.3. The summed E-state index contributed by atoms with van der Waals surface area (Å²) < 4.78 is 0. The van der Waals surface area contributed by atoms with E-state index in [-0.39, 0.29) is 24.0 Å². The van der Waals surface area contributed by atoms with Gasteiger partial charge in [-0.25, -0.2) is 0 Å². The maximum absolute atomic E-state index is 11.9. The topological polar surface area (TPSA) is 96.0 Å². The number of rotatable bonds is 5. The Kier molecular flexibility index (Phi) is 5.23. The fourth-order valence-electron chi connectivity index (χ4n) is 2.35. The standard InChI is InChI=1S/C16H17N3O2S/c1-2-10-3-5-11(6-4-10)12-7-15(21)19-16(13(12)8-17)22-9-14(18)20/h3-6,12H,2,7,9H2,1H3,(H2,18,20)(H,19,21)/t12-/m1/s1. The van der Waals surface area contributed by atoms with E-state index in [0.29, 0.717) is 10.6 Å². The minimum Gasteiger partial charge on any atom is -0.369 e. The van der Waals surface area contributed by atoms with Crippen LogP contribution in [0.15, 0.2) is 34.9 Å². The normalized spacial score (nSPS) is 17.8. The summed E-state index contributed by atoms with van der Waals surface area (Å²) in [6, 6.07) is 10.1. The Hall–Kier alpha value is -2.26. The monoisotopic (exact) mass is 315 g/mol. The number of hydrogen-bond donors (Lipinski definition) is 2. The summed E-state index contributed by atoms with van der Waals surface area (Å²) in [5.41, 5.74) is 7.75. The van der Waals surface area contributed by atoms with Crippen molar-refractivity contribution in [3.63, 3.8) is 0 Å². The van der Waals surface area contributed by atoms with Crippen molar-refractivity contribution in [1.29, 1.82) is 5.26 Å². The fraction of sp³-hybridized carbons (Fsp3) is 0.312. The summed E-state index contributed by atoms with van der Waals surface area (Å²) in [6.45, 7) is 2.07. The molecule has 1 aliphatic heterocycles. The number of nitrogens with one attached hydrogen (secondary N) is 1. The Balaban J connectivity index is 2.34. The third-order valence-electron chi connectivity index (χ3n) is 3.51. The Labute approximate surface area is 133 Å². The van der Waals surface area contributed by atoms with E-state index >= 15 is 0 Å². The van der Waals surface area contributed by atoms with E-state index in [1.54, 1.807) is 0 Å². The van der Waals surface area contributed by atoms with E-state index in [1.165, 1.54) is 5.56 Å². The van der Waals surface area contributed by atoms with Crippen molar-refractivity contribution in [3.05, 3.63) is 46.0 Å². The molecular weight excluding hydrogens is 298 g/mol. The molecule has 0 saturated heterocycles. The van der Waals surface area contributed by atoms with E-state index in [4.69, 9.17) is 5.73 Å². The lowest BCUT2D eigenvalue weighted by atomic mass is 9.86. The molecular formula is C16H17N3O2S. The molecule has 1 heterocycles. The lowest BCUT2D eigenvalue weighted by Crippen LogP contribution is -2.31. The molecule has 1 aliphatic rings. The third-order valence-corrected chi connectivity index (χ3v) is 4.54. The van der Waals surface area contributed by atoms with Crippen molar-refractivity contribution >= 4 is 23.6 Å². The first-order valence-corrected chi connectivity index (χ1v) is 7.97. The average Bonchev–Trinajstić information content (AvgIpc) is 2.52. The van der Waals surface area contributed by atoms with Gasteiger partial charge in [0.25, 0.3) is 0 Å². The SMILES string of the molecule is CCc1ccc([C@H]2CC(=O)NC(SCC(N)=O)=C2C#N)cc1. The number of amides is 2. The number of aryl methyl sites for hydroxylation is 1.